The Morgan fingerprint density at radius 3 is 1.92 bits per heavy atom. The number of thiazole rings is 1. The third-order valence-corrected chi connectivity index (χ3v) is 7.14. The lowest BCUT2D eigenvalue weighted by atomic mass is 10.1. The molecule has 4 aromatic carbocycles. The highest BCUT2D eigenvalue weighted by Crippen LogP contribution is 2.41. The Labute approximate surface area is 217 Å². The van der Waals surface area contributed by atoms with Gasteiger partial charge in [0.25, 0.3) is 5.69 Å². The van der Waals surface area contributed by atoms with Crippen LogP contribution < -0.4 is 0 Å². The molecular formula is C30H20N4O2S. The summed E-state index contributed by atoms with van der Waals surface area (Å²) in [7, 11) is 0. The highest BCUT2D eigenvalue weighted by molar-refractivity contribution is 7.18. The summed E-state index contributed by atoms with van der Waals surface area (Å²) in [4.78, 5) is 16.9. The van der Waals surface area contributed by atoms with Crippen LogP contribution in [-0.2, 0) is 0 Å². The smallest absolute Gasteiger partial charge is 0.258 e. The lowest BCUT2D eigenvalue weighted by molar-refractivity contribution is -0.384. The molecule has 6 nitrogen and oxygen atoms in total. The van der Waals surface area contributed by atoms with E-state index >= 15 is 0 Å². The van der Waals surface area contributed by atoms with E-state index in [1.165, 1.54) is 12.1 Å². The highest BCUT2D eigenvalue weighted by atomic mass is 32.1. The second-order valence-electron chi connectivity index (χ2n) is 8.39. The average Bonchev–Trinajstić information content (AvgIpc) is 3.60. The van der Waals surface area contributed by atoms with Crippen molar-refractivity contribution in [1.82, 2.24) is 14.8 Å². The largest absolute Gasteiger partial charge is 0.269 e. The van der Waals surface area contributed by atoms with E-state index in [1.54, 1.807) is 23.5 Å². The van der Waals surface area contributed by atoms with Crippen molar-refractivity contribution < 1.29 is 4.92 Å². The SMILES string of the molecule is O=[N+]([O-])c1ccc(-c2cc(-c3nc(-c4ccccc4)c(-c4ccccc4)s3)n(-c3ccccc3)n2)cc1. The van der Waals surface area contributed by atoms with E-state index in [0.29, 0.717) is 5.69 Å². The zero-order valence-electron chi connectivity index (χ0n) is 19.6. The molecule has 7 heteroatoms. The van der Waals surface area contributed by atoms with Gasteiger partial charge in [0.15, 0.2) is 0 Å². The number of hydrogen-bond donors (Lipinski definition) is 0. The van der Waals surface area contributed by atoms with Gasteiger partial charge >= 0.3 is 0 Å². The summed E-state index contributed by atoms with van der Waals surface area (Å²) >= 11 is 1.62. The fraction of sp³-hybridized carbons (Fsp3) is 0. The molecule has 2 heterocycles. The second kappa shape index (κ2) is 9.64. The molecule has 0 fully saturated rings. The summed E-state index contributed by atoms with van der Waals surface area (Å²) < 4.78 is 1.89. The topological polar surface area (TPSA) is 73.8 Å². The summed E-state index contributed by atoms with van der Waals surface area (Å²) in [6.45, 7) is 0. The Morgan fingerprint density at radius 2 is 1.30 bits per heavy atom. The minimum absolute atomic E-state index is 0.0476. The van der Waals surface area contributed by atoms with Crippen LogP contribution >= 0.6 is 11.3 Å². The maximum atomic E-state index is 11.1. The number of para-hydroxylation sites is 1. The van der Waals surface area contributed by atoms with Crippen molar-refractivity contribution in [3.63, 3.8) is 0 Å². The van der Waals surface area contributed by atoms with Crippen molar-refractivity contribution in [3.05, 3.63) is 131 Å². The molecule has 0 radical (unpaired) electrons. The molecule has 0 atom stereocenters. The van der Waals surface area contributed by atoms with Crippen LogP contribution in [-0.4, -0.2) is 19.7 Å². The molecule has 6 rings (SSSR count). The molecule has 6 aromatic rings. The van der Waals surface area contributed by atoms with E-state index in [-0.39, 0.29) is 5.69 Å². The number of nitro groups is 1. The standard InChI is InChI=1S/C30H20N4O2S/c35-34(36)25-18-16-21(17-19-25)26-20-27(33(32-26)24-14-8-3-9-15-24)30-31-28(22-10-4-1-5-11-22)29(37-30)23-12-6-2-7-13-23/h1-20H. The second-order valence-corrected chi connectivity index (χ2v) is 9.39. The Morgan fingerprint density at radius 1 is 0.703 bits per heavy atom. The average molecular weight is 501 g/mol. The maximum Gasteiger partial charge on any atom is 0.269 e. The van der Waals surface area contributed by atoms with Gasteiger partial charge in [-0.25, -0.2) is 9.67 Å². The van der Waals surface area contributed by atoms with Crippen LogP contribution in [0.25, 0.3) is 49.3 Å². The Kier molecular flexibility index (Phi) is 5.88. The van der Waals surface area contributed by atoms with Crippen molar-refractivity contribution in [2.45, 2.75) is 0 Å². The van der Waals surface area contributed by atoms with Gasteiger partial charge in [-0.15, -0.1) is 11.3 Å². The predicted octanol–water partition coefficient (Wildman–Crippen LogP) is 7.91. The molecular weight excluding hydrogens is 480 g/mol. The van der Waals surface area contributed by atoms with Crippen LogP contribution in [0.5, 0.6) is 0 Å². The van der Waals surface area contributed by atoms with Gasteiger partial charge in [0.1, 0.15) is 10.7 Å². The first-order valence-electron chi connectivity index (χ1n) is 11.7. The van der Waals surface area contributed by atoms with E-state index in [2.05, 4.69) is 24.3 Å². The lowest BCUT2D eigenvalue weighted by Gasteiger charge is -2.05. The Balaban J connectivity index is 1.54. The van der Waals surface area contributed by atoms with Crippen molar-refractivity contribution in [2.75, 3.05) is 0 Å². The van der Waals surface area contributed by atoms with E-state index < -0.39 is 4.92 Å². The first-order valence-corrected chi connectivity index (χ1v) is 12.5. The van der Waals surface area contributed by atoms with Crippen LogP contribution in [0.1, 0.15) is 0 Å². The van der Waals surface area contributed by atoms with Gasteiger partial charge in [-0.1, -0.05) is 78.9 Å². The van der Waals surface area contributed by atoms with Crippen LogP contribution in [0.15, 0.2) is 121 Å². The van der Waals surface area contributed by atoms with Gasteiger partial charge in [0.05, 0.1) is 26.9 Å². The van der Waals surface area contributed by atoms with Crippen molar-refractivity contribution in [3.8, 4) is 49.3 Å². The Bertz CT molecular complexity index is 1620. The summed E-state index contributed by atoms with van der Waals surface area (Å²) in [6, 6.07) is 38.8. The molecule has 0 unspecified atom stereocenters. The Hall–Kier alpha value is -4.88. The normalized spacial score (nSPS) is 10.9. The monoisotopic (exact) mass is 500 g/mol. The zero-order chi connectivity index (χ0) is 25.2. The molecule has 0 saturated heterocycles. The molecule has 37 heavy (non-hydrogen) atoms. The van der Waals surface area contributed by atoms with Crippen LogP contribution in [0.4, 0.5) is 5.69 Å². The molecule has 0 aliphatic carbocycles. The van der Waals surface area contributed by atoms with Gasteiger partial charge in [-0.2, -0.15) is 5.10 Å². The van der Waals surface area contributed by atoms with E-state index in [0.717, 1.165) is 43.7 Å². The number of aromatic nitrogens is 3. The quantitative estimate of drug-likeness (QED) is 0.172. The first-order chi connectivity index (χ1) is 18.2. The number of nitrogens with zero attached hydrogens (tertiary/aromatic N) is 4. The van der Waals surface area contributed by atoms with E-state index in [1.807, 2.05) is 77.5 Å². The molecule has 0 aliphatic heterocycles. The number of hydrogen-bond acceptors (Lipinski definition) is 5. The van der Waals surface area contributed by atoms with Crippen molar-refractivity contribution >= 4 is 17.0 Å². The third-order valence-electron chi connectivity index (χ3n) is 6.01. The van der Waals surface area contributed by atoms with E-state index in [9.17, 15) is 10.1 Å². The molecule has 0 spiro atoms. The van der Waals surface area contributed by atoms with Crippen molar-refractivity contribution in [1.29, 1.82) is 0 Å². The number of benzene rings is 4. The molecule has 0 saturated carbocycles. The van der Waals surface area contributed by atoms with Gasteiger partial charge in [-0.3, -0.25) is 10.1 Å². The highest BCUT2D eigenvalue weighted by Gasteiger charge is 2.21. The summed E-state index contributed by atoms with van der Waals surface area (Å²) in [5, 5.41) is 16.9. The van der Waals surface area contributed by atoms with Crippen LogP contribution in [0, 0.1) is 10.1 Å². The first kappa shape index (κ1) is 22.6. The zero-order valence-corrected chi connectivity index (χ0v) is 20.4. The van der Waals surface area contributed by atoms with Gasteiger partial charge < -0.3 is 0 Å². The molecule has 0 amide bonds. The molecule has 0 bridgehead atoms. The van der Waals surface area contributed by atoms with Crippen LogP contribution in [0.3, 0.4) is 0 Å². The summed E-state index contributed by atoms with van der Waals surface area (Å²) in [6.07, 6.45) is 0. The fourth-order valence-electron chi connectivity index (χ4n) is 4.20. The molecule has 0 N–H and O–H groups in total. The predicted molar refractivity (Wildman–Crippen MR) is 148 cm³/mol. The van der Waals surface area contributed by atoms with Gasteiger partial charge in [0.2, 0.25) is 0 Å². The number of rotatable bonds is 6. The van der Waals surface area contributed by atoms with Gasteiger partial charge in [-0.05, 0) is 35.9 Å². The summed E-state index contributed by atoms with van der Waals surface area (Å²) in [5.41, 5.74) is 6.39. The fourth-order valence-corrected chi connectivity index (χ4v) is 5.30. The third kappa shape index (κ3) is 4.44. The maximum absolute atomic E-state index is 11.1. The lowest BCUT2D eigenvalue weighted by Crippen LogP contribution is -1.98. The van der Waals surface area contributed by atoms with Gasteiger partial charge in [0, 0.05) is 23.3 Å². The van der Waals surface area contributed by atoms with E-state index in [4.69, 9.17) is 10.1 Å². The minimum Gasteiger partial charge on any atom is -0.258 e. The number of nitro benzene ring substituents is 1. The van der Waals surface area contributed by atoms with Crippen LogP contribution in [0.2, 0.25) is 0 Å². The molecule has 0 aliphatic rings. The minimum atomic E-state index is -0.399. The molecule has 2 aromatic heterocycles. The van der Waals surface area contributed by atoms with Crippen molar-refractivity contribution in [2.24, 2.45) is 0 Å². The number of non-ortho nitro benzene ring substituents is 1. The molecule has 178 valence electrons. The summed E-state index contributed by atoms with van der Waals surface area (Å²) in [5.74, 6) is 0.